The lowest BCUT2D eigenvalue weighted by molar-refractivity contribution is -0.133. The lowest BCUT2D eigenvalue weighted by atomic mass is 10.0. The Hall–Kier alpha value is -2.70. The highest BCUT2D eigenvalue weighted by Gasteiger charge is 2.25. The lowest BCUT2D eigenvalue weighted by Gasteiger charge is -2.19. The Labute approximate surface area is 146 Å². The molecule has 2 atom stereocenters. The van der Waals surface area contributed by atoms with Gasteiger partial charge in [-0.15, -0.1) is 0 Å². The summed E-state index contributed by atoms with van der Waals surface area (Å²) in [6, 6.07) is 13.9. The first kappa shape index (κ1) is 18.6. The quantitative estimate of drug-likeness (QED) is 0.476. The van der Waals surface area contributed by atoms with Gasteiger partial charge in [0.05, 0.1) is 6.10 Å². The summed E-state index contributed by atoms with van der Waals surface area (Å²) in [5, 5.41) is 20.6. The van der Waals surface area contributed by atoms with Gasteiger partial charge >= 0.3 is 0 Å². The third-order valence-electron chi connectivity index (χ3n) is 4.00. The molecule has 6 heteroatoms. The Balaban J connectivity index is 2.12. The summed E-state index contributed by atoms with van der Waals surface area (Å²) in [4.78, 5) is 23.7. The molecule has 0 aliphatic heterocycles. The molecule has 0 aliphatic rings. The van der Waals surface area contributed by atoms with E-state index in [9.17, 15) is 14.7 Å². The number of hydroxylamine groups is 1. The molecule has 4 N–H and O–H groups in total. The molecule has 2 aromatic carbocycles. The van der Waals surface area contributed by atoms with Crippen LogP contribution >= 0.6 is 0 Å². The molecule has 0 saturated carbocycles. The van der Waals surface area contributed by atoms with Crippen molar-refractivity contribution < 1.29 is 19.9 Å². The van der Waals surface area contributed by atoms with E-state index < -0.39 is 24.0 Å². The van der Waals surface area contributed by atoms with Crippen LogP contribution < -0.4 is 10.8 Å². The monoisotopic (exact) mass is 342 g/mol. The van der Waals surface area contributed by atoms with Crippen LogP contribution in [-0.2, 0) is 11.2 Å². The summed E-state index contributed by atoms with van der Waals surface area (Å²) in [5.41, 5.74) is 5.06. The van der Waals surface area contributed by atoms with Crippen molar-refractivity contribution in [2.45, 2.75) is 32.4 Å². The van der Waals surface area contributed by atoms with Crippen molar-refractivity contribution in [3.05, 3.63) is 59.7 Å². The summed E-state index contributed by atoms with van der Waals surface area (Å²) < 4.78 is 0. The fourth-order valence-electron chi connectivity index (χ4n) is 2.45. The summed E-state index contributed by atoms with van der Waals surface area (Å²) in [6.45, 7) is 3.45. The minimum absolute atomic E-state index is 0.352. The first-order valence-electron chi connectivity index (χ1n) is 8.08. The van der Waals surface area contributed by atoms with Gasteiger partial charge in [-0.05, 0) is 42.2 Å². The van der Waals surface area contributed by atoms with Crippen LogP contribution in [0.4, 0.5) is 0 Å². The van der Waals surface area contributed by atoms with Crippen molar-refractivity contribution in [1.29, 1.82) is 0 Å². The Kier molecular flexibility index (Phi) is 6.27. The fourth-order valence-corrected chi connectivity index (χ4v) is 2.45. The number of aliphatic hydroxyl groups is 1. The zero-order valence-electron chi connectivity index (χ0n) is 14.2. The molecule has 0 bridgehead atoms. The van der Waals surface area contributed by atoms with Gasteiger partial charge < -0.3 is 10.4 Å². The van der Waals surface area contributed by atoms with E-state index in [1.165, 1.54) is 18.0 Å². The molecule has 0 fully saturated rings. The van der Waals surface area contributed by atoms with E-state index in [0.717, 1.165) is 17.5 Å². The normalized spacial score (nSPS) is 13.0. The van der Waals surface area contributed by atoms with E-state index in [0.29, 0.717) is 5.56 Å². The number of benzene rings is 2. The predicted octanol–water partition coefficient (Wildman–Crippen LogP) is 1.90. The summed E-state index contributed by atoms with van der Waals surface area (Å²) in [7, 11) is 0. The minimum atomic E-state index is -1.24. The number of aliphatic hydroxyl groups excluding tert-OH is 1. The topological polar surface area (TPSA) is 98.7 Å². The van der Waals surface area contributed by atoms with E-state index >= 15 is 0 Å². The molecule has 0 spiro atoms. The molecule has 6 nitrogen and oxygen atoms in total. The molecular formula is C19H22N2O4. The molecule has 25 heavy (non-hydrogen) atoms. The molecule has 2 rings (SSSR count). The van der Waals surface area contributed by atoms with Crippen LogP contribution in [0.3, 0.4) is 0 Å². The Bertz CT molecular complexity index is 724. The van der Waals surface area contributed by atoms with E-state index in [1.807, 2.05) is 24.3 Å². The van der Waals surface area contributed by atoms with Crippen molar-refractivity contribution >= 4 is 11.8 Å². The molecule has 2 aromatic rings. The van der Waals surface area contributed by atoms with Gasteiger partial charge in [-0.25, -0.2) is 5.48 Å². The van der Waals surface area contributed by atoms with Gasteiger partial charge in [-0.2, -0.15) is 0 Å². The zero-order valence-corrected chi connectivity index (χ0v) is 14.2. The first-order chi connectivity index (χ1) is 12.0. The van der Waals surface area contributed by atoms with Crippen LogP contribution in [0.2, 0.25) is 0 Å². The lowest BCUT2D eigenvalue weighted by Crippen LogP contribution is -2.51. The van der Waals surface area contributed by atoms with Crippen molar-refractivity contribution in [2.75, 3.05) is 0 Å². The highest BCUT2D eigenvalue weighted by Crippen LogP contribution is 2.20. The third-order valence-corrected chi connectivity index (χ3v) is 4.00. The van der Waals surface area contributed by atoms with Gasteiger partial charge in [-0.1, -0.05) is 43.3 Å². The molecular weight excluding hydrogens is 320 g/mol. The Morgan fingerprint density at radius 1 is 1.00 bits per heavy atom. The molecule has 2 amide bonds. The standard InChI is InChI=1S/C19H22N2O4/c1-3-13-4-6-14(7-5-13)15-8-10-16(11-9-15)18(23)20-17(12(2)22)19(24)21-25/h4-12,17,22,25H,3H2,1-2H3,(H,20,23)(H,21,24)/t12-,17+/m1/s1. The summed E-state index contributed by atoms with van der Waals surface area (Å²) >= 11 is 0. The highest BCUT2D eigenvalue weighted by atomic mass is 16.5. The molecule has 0 heterocycles. The fraction of sp³-hybridized carbons (Fsp3) is 0.263. The van der Waals surface area contributed by atoms with E-state index in [4.69, 9.17) is 5.21 Å². The van der Waals surface area contributed by atoms with Gasteiger partial charge in [-0.3, -0.25) is 14.8 Å². The maximum absolute atomic E-state index is 12.2. The zero-order chi connectivity index (χ0) is 18.4. The second-order valence-corrected chi connectivity index (χ2v) is 5.80. The minimum Gasteiger partial charge on any atom is -0.391 e. The smallest absolute Gasteiger partial charge is 0.268 e. The van der Waals surface area contributed by atoms with Gasteiger partial charge in [0.1, 0.15) is 6.04 Å². The molecule has 132 valence electrons. The number of nitrogens with one attached hydrogen (secondary N) is 2. The Morgan fingerprint density at radius 3 is 1.96 bits per heavy atom. The SMILES string of the molecule is CCc1ccc(-c2ccc(C(=O)N[C@H](C(=O)NO)[C@@H](C)O)cc2)cc1. The van der Waals surface area contributed by atoms with Gasteiger partial charge in [0.25, 0.3) is 11.8 Å². The van der Waals surface area contributed by atoms with Crippen LogP contribution in [0.25, 0.3) is 11.1 Å². The number of rotatable bonds is 6. The second-order valence-electron chi connectivity index (χ2n) is 5.80. The summed E-state index contributed by atoms with van der Waals surface area (Å²) in [6.07, 6.45) is -0.168. The number of hydrogen-bond acceptors (Lipinski definition) is 4. The van der Waals surface area contributed by atoms with Crippen LogP contribution in [0.15, 0.2) is 48.5 Å². The molecule has 0 saturated heterocycles. The molecule has 0 aliphatic carbocycles. The highest BCUT2D eigenvalue weighted by molar-refractivity contribution is 5.97. The van der Waals surface area contributed by atoms with Crippen molar-refractivity contribution in [3.63, 3.8) is 0 Å². The number of aryl methyl sites for hydroxylation is 1. The van der Waals surface area contributed by atoms with E-state index in [1.54, 1.807) is 12.1 Å². The Morgan fingerprint density at radius 2 is 1.52 bits per heavy atom. The van der Waals surface area contributed by atoms with Gasteiger partial charge in [0.2, 0.25) is 0 Å². The van der Waals surface area contributed by atoms with Crippen molar-refractivity contribution in [3.8, 4) is 11.1 Å². The van der Waals surface area contributed by atoms with Crippen LogP contribution in [-0.4, -0.2) is 34.3 Å². The van der Waals surface area contributed by atoms with Gasteiger partial charge in [0, 0.05) is 5.56 Å². The largest absolute Gasteiger partial charge is 0.391 e. The van der Waals surface area contributed by atoms with Crippen molar-refractivity contribution in [1.82, 2.24) is 10.8 Å². The number of carbonyl (C=O) groups is 2. The second kappa shape index (κ2) is 8.41. The molecule has 0 aromatic heterocycles. The number of amides is 2. The van der Waals surface area contributed by atoms with Crippen LogP contribution in [0, 0.1) is 0 Å². The van der Waals surface area contributed by atoms with E-state index in [2.05, 4.69) is 24.4 Å². The van der Waals surface area contributed by atoms with Crippen molar-refractivity contribution in [2.24, 2.45) is 0 Å². The predicted molar refractivity (Wildman–Crippen MR) is 94.1 cm³/mol. The van der Waals surface area contributed by atoms with Gasteiger partial charge in [0.15, 0.2) is 0 Å². The molecule has 0 unspecified atom stereocenters. The first-order valence-corrected chi connectivity index (χ1v) is 8.08. The van der Waals surface area contributed by atoms with Crippen LogP contribution in [0.5, 0.6) is 0 Å². The summed E-state index contributed by atoms with van der Waals surface area (Å²) in [5.74, 6) is -1.39. The number of hydrogen-bond donors (Lipinski definition) is 4. The number of carbonyl (C=O) groups excluding carboxylic acids is 2. The average molecular weight is 342 g/mol. The average Bonchev–Trinajstić information content (AvgIpc) is 2.65. The van der Waals surface area contributed by atoms with Crippen LogP contribution in [0.1, 0.15) is 29.8 Å². The molecule has 0 radical (unpaired) electrons. The maximum atomic E-state index is 12.2. The maximum Gasteiger partial charge on any atom is 0.268 e. The third kappa shape index (κ3) is 4.65. The van der Waals surface area contributed by atoms with E-state index in [-0.39, 0.29) is 0 Å².